The molecular weight excluding hydrogens is 508 g/mol. The summed E-state index contributed by atoms with van der Waals surface area (Å²) in [4.78, 5) is 28.4. The van der Waals surface area contributed by atoms with E-state index in [1.165, 1.54) is 12.0 Å². The second-order valence-electron chi connectivity index (χ2n) is 9.05. The summed E-state index contributed by atoms with van der Waals surface area (Å²) in [5.74, 6) is 0.997. The van der Waals surface area contributed by atoms with Crippen molar-refractivity contribution in [2.75, 3.05) is 13.7 Å². The number of halogens is 1. The average molecular weight is 546 g/mol. The maximum absolute atomic E-state index is 13.5. The molecule has 1 fully saturated rings. The van der Waals surface area contributed by atoms with Crippen LogP contribution >= 0.6 is 15.9 Å². The third-order valence-corrected chi connectivity index (χ3v) is 7.20. The van der Waals surface area contributed by atoms with Crippen LogP contribution in [0.2, 0.25) is 0 Å². The molecule has 0 radical (unpaired) electrons. The van der Waals surface area contributed by atoms with Crippen LogP contribution in [0.25, 0.3) is 0 Å². The van der Waals surface area contributed by atoms with Crippen molar-refractivity contribution < 1.29 is 19.1 Å². The van der Waals surface area contributed by atoms with E-state index in [1.54, 1.807) is 12.0 Å². The first-order chi connectivity index (χ1) is 16.9. The standard InChI is InChI=1S/C28H37BrN2O4/c1-4-20-14-15-26(24(29)17-20)35-19-27(32)31(18-21-10-9-13-23(16-21)34-3)25(5-2)28(33)30-22-11-7-6-8-12-22/h9-10,13-17,22,25H,4-8,11-12,18-19H2,1-3H3,(H,30,33). The fourth-order valence-corrected chi connectivity index (χ4v) is 5.08. The number of carbonyl (C=O) groups is 2. The average Bonchev–Trinajstić information content (AvgIpc) is 2.88. The molecule has 7 heteroatoms. The lowest BCUT2D eigenvalue weighted by atomic mass is 9.95. The Labute approximate surface area is 217 Å². The van der Waals surface area contributed by atoms with Crippen molar-refractivity contribution >= 4 is 27.7 Å². The molecule has 2 aromatic carbocycles. The molecule has 1 saturated carbocycles. The predicted molar refractivity (Wildman–Crippen MR) is 142 cm³/mol. The molecule has 6 nitrogen and oxygen atoms in total. The van der Waals surface area contributed by atoms with Gasteiger partial charge in [-0.25, -0.2) is 0 Å². The monoisotopic (exact) mass is 544 g/mol. The lowest BCUT2D eigenvalue weighted by molar-refractivity contribution is -0.143. The van der Waals surface area contributed by atoms with Crippen LogP contribution in [0.1, 0.15) is 63.5 Å². The van der Waals surface area contributed by atoms with Gasteiger partial charge in [0.2, 0.25) is 5.91 Å². The van der Waals surface area contributed by atoms with E-state index in [-0.39, 0.29) is 24.5 Å². The zero-order chi connectivity index (χ0) is 25.2. The van der Waals surface area contributed by atoms with Gasteiger partial charge in [0.05, 0.1) is 11.6 Å². The normalized spacial score (nSPS) is 14.7. The van der Waals surface area contributed by atoms with Crippen LogP contribution < -0.4 is 14.8 Å². The molecule has 3 rings (SSSR count). The van der Waals surface area contributed by atoms with Crippen molar-refractivity contribution in [3.8, 4) is 11.5 Å². The summed E-state index contributed by atoms with van der Waals surface area (Å²) in [5.41, 5.74) is 2.08. The summed E-state index contributed by atoms with van der Waals surface area (Å²) in [6.07, 6.45) is 6.91. The largest absolute Gasteiger partial charge is 0.497 e. The van der Waals surface area contributed by atoms with Crippen LogP contribution in [0.4, 0.5) is 0 Å². The van der Waals surface area contributed by atoms with Gasteiger partial charge in [0.25, 0.3) is 5.91 Å². The van der Waals surface area contributed by atoms with Crippen molar-refractivity contribution in [1.82, 2.24) is 10.2 Å². The molecule has 0 saturated heterocycles. The van der Waals surface area contributed by atoms with Gasteiger partial charge in [0.1, 0.15) is 17.5 Å². The summed E-state index contributed by atoms with van der Waals surface area (Å²) in [6, 6.07) is 13.1. The number of methoxy groups -OCH3 is 1. The Bertz CT molecular complexity index is 991. The highest BCUT2D eigenvalue weighted by Crippen LogP contribution is 2.27. The number of nitrogens with zero attached hydrogens (tertiary/aromatic N) is 1. The van der Waals surface area contributed by atoms with Gasteiger partial charge < -0.3 is 19.7 Å². The quantitative estimate of drug-likeness (QED) is 0.396. The van der Waals surface area contributed by atoms with Crippen LogP contribution in [0, 0.1) is 0 Å². The van der Waals surface area contributed by atoms with Crippen molar-refractivity contribution in [3.05, 3.63) is 58.1 Å². The van der Waals surface area contributed by atoms with E-state index < -0.39 is 6.04 Å². The Kier molecular flexibility index (Phi) is 10.5. The number of aryl methyl sites for hydroxylation is 1. The number of hydrogen-bond donors (Lipinski definition) is 1. The number of benzene rings is 2. The summed E-state index contributed by atoms with van der Waals surface area (Å²) in [7, 11) is 1.62. The van der Waals surface area contributed by atoms with Gasteiger partial charge in [0.15, 0.2) is 6.61 Å². The maximum Gasteiger partial charge on any atom is 0.261 e. The first-order valence-electron chi connectivity index (χ1n) is 12.6. The Hall–Kier alpha value is -2.54. The van der Waals surface area contributed by atoms with Crippen LogP contribution in [0.5, 0.6) is 11.5 Å². The summed E-state index contributed by atoms with van der Waals surface area (Å²) >= 11 is 3.54. The highest BCUT2D eigenvalue weighted by atomic mass is 79.9. The topological polar surface area (TPSA) is 67.9 Å². The predicted octanol–water partition coefficient (Wildman–Crippen LogP) is 5.66. The molecule has 1 N–H and O–H groups in total. The van der Waals surface area contributed by atoms with E-state index in [0.29, 0.717) is 24.5 Å². The smallest absolute Gasteiger partial charge is 0.261 e. The third-order valence-electron chi connectivity index (χ3n) is 6.58. The first-order valence-corrected chi connectivity index (χ1v) is 13.4. The number of nitrogens with one attached hydrogen (secondary N) is 1. The van der Waals surface area contributed by atoms with E-state index in [4.69, 9.17) is 9.47 Å². The van der Waals surface area contributed by atoms with Gasteiger partial charge in [-0.3, -0.25) is 9.59 Å². The van der Waals surface area contributed by atoms with E-state index in [9.17, 15) is 9.59 Å². The molecule has 0 aliphatic heterocycles. The number of rotatable bonds is 11. The molecule has 0 bridgehead atoms. The Morgan fingerprint density at radius 1 is 1.09 bits per heavy atom. The van der Waals surface area contributed by atoms with Crippen molar-refractivity contribution in [2.45, 2.75) is 77.4 Å². The summed E-state index contributed by atoms with van der Waals surface area (Å²) < 4.78 is 12.1. The molecule has 190 valence electrons. The van der Waals surface area contributed by atoms with Crippen molar-refractivity contribution in [3.63, 3.8) is 0 Å². The Balaban J connectivity index is 1.78. The molecule has 0 aromatic heterocycles. The van der Waals surface area contributed by atoms with E-state index >= 15 is 0 Å². The van der Waals surface area contributed by atoms with Crippen molar-refractivity contribution in [2.24, 2.45) is 0 Å². The lowest BCUT2D eigenvalue weighted by Crippen LogP contribution is -2.52. The summed E-state index contributed by atoms with van der Waals surface area (Å²) in [5, 5.41) is 3.20. The molecule has 1 aliphatic rings. The maximum atomic E-state index is 13.5. The minimum absolute atomic E-state index is 0.0934. The summed E-state index contributed by atoms with van der Waals surface area (Å²) in [6.45, 7) is 4.18. The molecule has 1 atom stereocenters. The number of hydrogen-bond acceptors (Lipinski definition) is 4. The van der Waals surface area contributed by atoms with Gasteiger partial charge in [-0.05, 0) is 77.0 Å². The lowest BCUT2D eigenvalue weighted by Gasteiger charge is -2.32. The highest BCUT2D eigenvalue weighted by molar-refractivity contribution is 9.10. The molecular formula is C28H37BrN2O4. The molecule has 0 heterocycles. The molecule has 1 unspecified atom stereocenters. The molecule has 35 heavy (non-hydrogen) atoms. The molecule has 1 aliphatic carbocycles. The molecule has 2 amide bonds. The SMILES string of the molecule is CCc1ccc(OCC(=O)N(Cc2cccc(OC)c2)C(CC)C(=O)NC2CCCCC2)c(Br)c1. The molecule has 2 aromatic rings. The minimum Gasteiger partial charge on any atom is -0.497 e. The van der Waals surface area contributed by atoms with Gasteiger partial charge in [0, 0.05) is 12.6 Å². The number of ether oxygens (including phenoxy) is 2. The van der Waals surface area contributed by atoms with Crippen LogP contribution in [-0.2, 0) is 22.6 Å². The van der Waals surface area contributed by atoms with Gasteiger partial charge in [-0.15, -0.1) is 0 Å². The first kappa shape index (κ1) is 27.1. The Morgan fingerprint density at radius 3 is 2.51 bits per heavy atom. The number of carbonyl (C=O) groups excluding carboxylic acids is 2. The van der Waals surface area contributed by atoms with Crippen LogP contribution in [0.3, 0.4) is 0 Å². The Morgan fingerprint density at radius 2 is 1.86 bits per heavy atom. The second kappa shape index (κ2) is 13.5. The third kappa shape index (κ3) is 7.72. The van der Waals surface area contributed by atoms with E-state index in [2.05, 4.69) is 28.2 Å². The highest BCUT2D eigenvalue weighted by Gasteiger charge is 2.30. The zero-order valence-corrected chi connectivity index (χ0v) is 22.6. The van der Waals surface area contributed by atoms with E-state index in [0.717, 1.165) is 42.1 Å². The number of amides is 2. The van der Waals surface area contributed by atoms with Crippen LogP contribution in [-0.4, -0.2) is 42.5 Å². The minimum atomic E-state index is -0.579. The van der Waals surface area contributed by atoms with Crippen LogP contribution in [0.15, 0.2) is 46.9 Å². The fraction of sp³-hybridized carbons (Fsp3) is 0.500. The van der Waals surface area contributed by atoms with E-state index in [1.807, 2.05) is 49.4 Å². The zero-order valence-electron chi connectivity index (χ0n) is 21.0. The van der Waals surface area contributed by atoms with Gasteiger partial charge in [-0.2, -0.15) is 0 Å². The van der Waals surface area contributed by atoms with Crippen molar-refractivity contribution in [1.29, 1.82) is 0 Å². The fourth-order valence-electron chi connectivity index (χ4n) is 4.54. The van der Waals surface area contributed by atoms with Gasteiger partial charge in [-0.1, -0.05) is 51.3 Å². The van der Waals surface area contributed by atoms with Gasteiger partial charge >= 0.3 is 0 Å². The molecule has 0 spiro atoms. The second-order valence-corrected chi connectivity index (χ2v) is 9.90.